The van der Waals surface area contributed by atoms with Gasteiger partial charge in [-0.3, -0.25) is 4.79 Å². The molecule has 0 bridgehead atoms. The number of halogens is 3. The molecule has 24 heavy (non-hydrogen) atoms. The molecular formula is C15H13BrClFN2O3S. The van der Waals surface area contributed by atoms with Crippen LogP contribution in [-0.2, 0) is 10.0 Å². The molecule has 2 aromatic rings. The molecule has 0 atom stereocenters. The van der Waals surface area contributed by atoms with Gasteiger partial charge in [0.2, 0.25) is 10.0 Å². The van der Waals surface area contributed by atoms with Crippen LogP contribution in [0.3, 0.4) is 0 Å². The number of carbonyl (C=O) groups is 1. The van der Waals surface area contributed by atoms with E-state index in [1.54, 1.807) is 0 Å². The summed E-state index contributed by atoms with van der Waals surface area (Å²) in [6.07, 6.45) is 0. The van der Waals surface area contributed by atoms with Crippen molar-refractivity contribution in [1.29, 1.82) is 0 Å². The fraction of sp³-hybridized carbons (Fsp3) is 0.133. The van der Waals surface area contributed by atoms with Crippen LogP contribution in [0.25, 0.3) is 0 Å². The van der Waals surface area contributed by atoms with E-state index in [2.05, 4.69) is 21.2 Å². The van der Waals surface area contributed by atoms with Crippen molar-refractivity contribution in [2.24, 2.45) is 0 Å². The molecule has 0 aliphatic rings. The Kier molecular flexibility index (Phi) is 5.64. The van der Waals surface area contributed by atoms with Crippen molar-refractivity contribution < 1.29 is 17.6 Å². The number of nitrogens with zero attached hydrogens (tertiary/aromatic N) is 1. The first kappa shape index (κ1) is 18.9. The number of anilines is 1. The highest BCUT2D eigenvalue weighted by Crippen LogP contribution is 2.26. The molecule has 0 radical (unpaired) electrons. The number of benzene rings is 2. The number of amides is 1. The summed E-state index contributed by atoms with van der Waals surface area (Å²) in [5.74, 6) is -1.33. The van der Waals surface area contributed by atoms with Crippen LogP contribution in [0, 0.1) is 5.82 Å². The maximum Gasteiger partial charge on any atom is 0.255 e. The van der Waals surface area contributed by atoms with Gasteiger partial charge in [-0.05, 0) is 52.3 Å². The van der Waals surface area contributed by atoms with Gasteiger partial charge in [-0.2, -0.15) is 0 Å². The Morgan fingerprint density at radius 3 is 2.46 bits per heavy atom. The van der Waals surface area contributed by atoms with E-state index in [1.165, 1.54) is 44.4 Å². The second kappa shape index (κ2) is 7.18. The molecule has 0 aliphatic carbocycles. The average molecular weight is 436 g/mol. The van der Waals surface area contributed by atoms with Gasteiger partial charge in [0.05, 0.1) is 10.6 Å². The van der Waals surface area contributed by atoms with Gasteiger partial charge >= 0.3 is 0 Å². The molecule has 5 nitrogen and oxygen atoms in total. The minimum Gasteiger partial charge on any atom is -0.319 e. The average Bonchev–Trinajstić information content (AvgIpc) is 2.50. The van der Waals surface area contributed by atoms with E-state index in [1.807, 2.05) is 0 Å². The van der Waals surface area contributed by atoms with E-state index in [0.717, 1.165) is 10.4 Å². The highest BCUT2D eigenvalue weighted by molar-refractivity contribution is 9.10. The standard InChI is InChI=1S/C15H13BrClFN2O3S/c1-20(2)24(22,23)14-7-9(3-5-11(14)16)15(21)19-13-6-4-10(17)8-12(13)18/h3-8H,1-2H3,(H,19,21). The van der Waals surface area contributed by atoms with Crippen LogP contribution >= 0.6 is 27.5 Å². The number of hydrogen-bond donors (Lipinski definition) is 1. The lowest BCUT2D eigenvalue weighted by Gasteiger charge is -2.14. The second-order valence-corrected chi connectivity index (χ2v) is 8.42. The Morgan fingerprint density at radius 1 is 1.21 bits per heavy atom. The summed E-state index contributed by atoms with van der Waals surface area (Å²) in [5, 5.41) is 2.59. The zero-order valence-corrected chi connectivity index (χ0v) is 15.8. The molecule has 2 rings (SSSR count). The Hall–Kier alpha value is -1.48. The molecule has 2 aromatic carbocycles. The molecule has 128 valence electrons. The minimum absolute atomic E-state index is 0.0515. The maximum absolute atomic E-state index is 13.8. The number of carbonyl (C=O) groups excluding carboxylic acids is 1. The predicted octanol–water partition coefficient (Wildman–Crippen LogP) is 3.74. The van der Waals surface area contributed by atoms with E-state index in [0.29, 0.717) is 4.47 Å². The number of sulfonamides is 1. The third-order valence-corrected chi connectivity index (χ3v) is 6.18. The largest absolute Gasteiger partial charge is 0.319 e. The molecule has 0 spiro atoms. The Morgan fingerprint density at radius 2 is 1.88 bits per heavy atom. The molecule has 0 aliphatic heterocycles. The van der Waals surface area contributed by atoms with Crippen LogP contribution in [0.1, 0.15) is 10.4 Å². The van der Waals surface area contributed by atoms with Gasteiger partial charge in [-0.1, -0.05) is 11.6 Å². The normalized spacial score (nSPS) is 11.6. The summed E-state index contributed by atoms with van der Waals surface area (Å²) >= 11 is 8.82. The Labute approximate surface area is 152 Å². The van der Waals surface area contributed by atoms with E-state index in [4.69, 9.17) is 11.6 Å². The Bertz CT molecular complexity index is 904. The first-order chi connectivity index (χ1) is 11.1. The molecule has 0 heterocycles. The van der Waals surface area contributed by atoms with Crippen molar-refractivity contribution in [2.45, 2.75) is 4.90 Å². The lowest BCUT2D eigenvalue weighted by Crippen LogP contribution is -2.23. The van der Waals surface area contributed by atoms with E-state index in [9.17, 15) is 17.6 Å². The number of nitrogens with one attached hydrogen (secondary N) is 1. The van der Waals surface area contributed by atoms with Crippen LogP contribution in [0.15, 0.2) is 45.8 Å². The SMILES string of the molecule is CN(C)S(=O)(=O)c1cc(C(=O)Nc2ccc(Cl)cc2F)ccc1Br. The third kappa shape index (κ3) is 3.94. The summed E-state index contributed by atoms with van der Waals surface area (Å²) in [4.78, 5) is 12.2. The van der Waals surface area contributed by atoms with Crippen molar-refractivity contribution in [3.63, 3.8) is 0 Å². The zero-order chi connectivity index (χ0) is 18.1. The molecule has 9 heteroatoms. The van der Waals surface area contributed by atoms with Gasteiger partial charge in [0, 0.05) is 29.2 Å². The summed E-state index contributed by atoms with van der Waals surface area (Å²) < 4.78 is 39.6. The number of rotatable bonds is 4. The number of hydrogen-bond acceptors (Lipinski definition) is 3. The molecule has 0 fully saturated rings. The molecule has 1 amide bonds. The van der Waals surface area contributed by atoms with E-state index < -0.39 is 21.7 Å². The molecular weight excluding hydrogens is 423 g/mol. The third-order valence-electron chi connectivity index (χ3n) is 3.13. The van der Waals surface area contributed by atoms with Crippen molar-refractivity contribution >= 4 is 49.1 Å². The summed E-state index contributed by atoms with van der Waals surface area (Å²) in [6.45, 7) is 0. The molecule has 1 N–H and O–H groups in total. The fourth-order valence-corrected chi connectivity index (χ4v) is 3.83. The van der Waals surface area contributed by atoms with Crippen LogP contribution in [0.5, 0.6) is 0 Å². The fourth-order valence-electron chi connectivity index (χ4n) is 1.82. The van der Waals surface area contributed by atoms with Crippen molar-refractivity contribution in [2.75, 3.05) is 19.4 Å². The molecule has 0 unspecified atom stereocenters. The van der Waals surface area contributed by atoms with Gasteiger partial charge in [0.15, 0.2) is 0 Å². The van der Waals surface area contributed by atoms with E-state index >= 15 is 0 Å². The summed E-state index contributed by atoms with van der Waals surface area (Å²) in [5.41, 5.74) is 0.0253. The maximum atomic E-state index is 13.8. The van der Waals surface area contributed by atoms with Gasteiger partial charge in [-0.25, -0.2) is 17.1 Å². The van der Waals surface area contributed by atoms with Crippen molar-refractivity contribution in [3.05, 3.63) is 57.3 Å². The minimum atomic E-state index is -3.74. The zero-order valence-electron chi connectivity index (χ0n) is 12.7. The molecule has 0 aromatic heterocycles. The van der Waals surface area contributed by atoms with Gasteiger partial charge < -0.3 is 5.32 Å². The van der Waals surface area contributed by atoms with Gasteiger partial charge in [0.1, 0.15) is 5.82 Å². The van der Waals surface area contributed by atoms with Crippen LogP contribution in [-0.4, -0.2) is 32.7 Å². The second-order valence-electron chi connectivity index (χ2n) is 5.01. The highest BCUT2D eigenvalue weighted by Gasteiger charge is 2.22. The van der Waals surface area contributed by atoms with E-state index in [-0.39, 0.29) is 21.2 Å². The smallest absolute Gasteiger partial charge is 0.255 e. The van der Waals surface area contributed by atoms with Crippen LogP contribution in [0.4, 0.5) is 10.1 Å². The first-order valence-corrected chi connectivity index (χ1v) is 9.22. The van der Waals surface area contributed by atoms with Crippen molar-refractivity contribution in [3.8, 4) is 0 Å². The summed E-state index contributed by atoms with van der Waals surface area (Å²) in [6, 6.07) is 7.93. The van der Waals surface area contributed by atoms with Gasteiger partial charge in [-0.15, -0.1) is 0 Å². The van der Waals surface area contributed by atoms with Crippen molar-refractivity contribution in [1.82, 2.24) is 4.31 Å². The first-order valence-electron chi connectivity index (χ1n) is 6.61. The molecule has 0 saturated heterocycles. The lowest BCUT2D eigenvalue weighted by molar-refractivity contribution is 0.102. The summed E-state index contributed by atoms with van der Waals surface area (Å²) in [7, 11) is -0.962. The highest BCUT2D eigenvalue weighted by atomic mass is 79.9. The Balaban J connectivity index is 2.37. The topological polar surface area (TPSA) is 66.5 Å². The van der Waals surface area contributed by atoms with Crippen LogP contribution in [0.2, 0.25) is 5.02 Å². The quantitative estimate of drug-likeness (QED) is 0.795. The predicted molar refractivity (Wildman–Crippen MR) is 94.4 cm³/mol. The molecule has 0 saturated carbocycles. The van der Waals surface area contributed by atoms with Gasteiger partial charge in [0.25, 0.3) is 5.91 Å². The van der Waals surface area contributed by atoms with Crippen LogP contribution < -0.4 is 5.32 Å². The monoisotopic (exact) mass is 434 g/mol. The lowest BCUT2D eigenvalue weighted by atomic mass is 10.2.